The summed E-state index contributed by atoms with van der Waals surface area (Å²) in [6.45, 7) is 2.55. The first kappa shape index (κ1) is 27.7. The third kappa shape index (κ3) is 19.8. The second-order valence-corrected chi connectivity index (χ2v) is 9.69. The number of hydrogen-bond acceptors (Lipinski definition) is 4. The molecule has 0 radical (unpaired) electrons. The van der Waals surface area contributed by atoms with Crippen LogP contribution in [0.5, 0.6) is 0 Å². The highest BCUT2D eigenvalue weighted by molar-refractivity contribution is 7.50. The molecule has 0 aliphatic carbocycles. The van der Waals surface area contributed by atoms with E-state index >= 15 is 0 Å². The van der Waals surface area contributed by atoms with Crippen LogP contribution < -0.4 is 0 Å². The van der Waals surface area contributed by atoms with Crippen LogP contribution in [0.1, 0.15) is 122 Å². The van der Waals surface area contributed by atoms with Gasteiger partial charge in [-0.3, -0.25) is 4.52 Å². The SMILES string of the molecule is CCCCCCCCCCCCCCCCCCCCOP(=O)(OCl)OCl. The van der Waals surface area contributed by atoms with Crippen molar-refractivity contribution in [3.63, 3.8) is 0 Å². The Morgan fingerprint density at radius 3 is 1.15 bits per heavy atom. The Bertz CT molecular complexity index is 338. The summed E-state index contributed by atoms with van der Waals surface area (Å²) in [6, 6.07) is 0. The van der Waals surface area contributed by atoms with E-state index in [9.17, 15) is 4.57 Å². The van der Waals surface area contributed by atoms with Crippen molar-refractivity contribution in [1.29, 1.82) is 0 Å². The van der Waals surface area contributed by atoms with Crippen LogP contribution in [0.3, 0.4) is 0 Å². The molecule has 0 bridgehead atoms. The van der Waals surface area contributed by atoms with Gasteiger partial charge in [-0.15, -0.1) is 0 Å². The van der Waals surface area contributed by atoms with Gasteiger partial charge >= 0.3 is 7.82 Å². The van der Waals surface area contributed by atoms with Crippen LogP contribution in [0.4, 0.5) is 0 Å². The van der Waals surface area contributed by atoms with Gasteiger partial charge in [-0.05, 0) is 6.42 Å². The van der Waals surface area contributed by atoms with Gasteiger partial charge in [-0.2, -0.15) is 8.15 Å². The Balaban J connectivity index is 3.12. The molecule has 4 nitrogen and oxygen atoms in total. The Morgan fingerprint density at radius 2 is 0.852 bits per heavy atom. The maximum Gasteiger partial charge on any atom is 0.507 e. The Labute approximate surface area is 178 Å². The molecule has 0 heterocycles. The van der Waals surface area contributed by atoms with Crippen molar-refractivity contribution in [3.8, 4) is 0 Å². The molecule has 0 amide bonds. The average molecular weight is 447 g/mol. The van der Waals surface area contributed by atoms with Crippen LogP contribution in [0.15, 0.2) is 0 Å². The molecule has 0 aliphatic rings. The quantitative estimate of drug-likeness (QED) is 0.122. The maximum atomic E-state index is 11.4. The van der Waals surface area contributed by atoms with E-state index in [-0.39, 0.29) is 6.61 Å². The zero-order chi connectivity index (χ0) is 20.1. The largest absolute Gasteiger partial charge is 0.507 e. The Morgan fingerprint density at radius 1 is 0.556 bits per heavy atom. The van der Waals surface area contributed by atoms with Crippen LogP contribution in [0, 0.1) is 0 Å². The van der Waals surface area contributed by atoms with Gasteiger partial charge in [0, 0.05) is 0 Å². The van der Waals surface area contributed by atoms with Gasteiger partial charge < -0.3 is 0 Å². The van der Waals surface area contributed by atoms with Gasteiger partial charge in [-0.1, -0.05) is 116 Å². The predicted molar refractivity (Wildman–Crippen MR) is 116 cm³/mol. The van der Waals surface area contributed by atoms with Crippen LogP contribution >= 0.6 is 31.6 Å². The number of halogens is 2. The van der Waals surface area contributed by atoms with Crippen molar-refractivity contribution in [2.75, 3.05) is 6.61 Å². The molecule has 0 aromatic heterocycles. The van der Waals surface area contributed by atoms with Crippen molar-refractivity contribution < 1.29 is 17.2 Å². The number of rotatable bonds is 22. The van der Waals surface area contributed by atoms with Crippen molar-refractivity contribution in [1.82, 2.24) is 0 Å². The smallest absolute Gasteiger partial charge is 0.285 e. The zero-order valence-corrected chi connectivity index (χ0v) is 19.7. The summed E-state index contributed by atoms with van der Waals surface area (Å²) in [5.41, 5.74) is 0. The van der Waals surface area contributed by atoms with Crippen molar-refractivity contribution in [2.24, 2.45) is 0 Å². The summed E-state index contributed by atoms with van der Waals surface area (Å²) in [5.74, 6) is 0. The molecular weight excluding hydrogens is 406 g/mol. The van der Waals surface area contributed by atoms with E-state index in [4.69, 9.17) is 28.3 Å². The lowest BCUT2D eigenvalue weighted by molar-refractivity contribution is 0.214. The minimum Gasteiger partial charge on any atom is -0.285 e. The molecule has 0 aliphatic heterocycles. The van der Waals surface area contributed by atoms with Crippen LogP contribution in [-0.4, -0.2) is 6.61 Å². The fraction of sp³-hybridized carbons (Fsp3) is 1.00. The average Bonchev–Trinajstić information content (AvgIpc) is 2.69. The molecule has 0 fully saturated rings. The summed E-state index contributed by atoms with van der Waals surface area (Å²) in [6.07, 6.45) is 23.8. The highest BCUT2D eigenvalue weighted by Gasteiger charge is 2.26. The first-order valence-electron chi connectivity index (χ1n) is 11.0. The second-order valence-electron chi connectivity index (χ2n) is 7.43. The van der Waals surface area contributed by atoms with E-state index in [2.05, 4.69) is 15.1 Å². The number of unbranched alkanes of at least 4 members (excludes halogenated alkanes) is 17. The zero-order valence-electron chi connectivity index (χ0n) is 17.3. The topological polar surface area (TPSA) is 44.8 Å². The first-order valence-corrected chi connectivity index (χ1v) is 13.1. The van der Waals surface area contributed by atoms with Crippen LogP contribution in [0.2, 0.25) is 0 Å². The van der Waals surface area contributed by atoms with Gasteiger partial charge in [0.2, 0.25) is 0 Å². The van der Waals surface area contributed by atoms with E-state index in [1.807, 2.05) is 0 Å². The molecule has 0 unspecified atom stereocenters. The number of phosphoric acid groups is 1. The lowest BCUT2D eigenvalue weighted by Gasteiger charge is -2.09. The monoisotopic (exact) mass is 446 g/mol. The molecule has 0 rings (SSSR count). The van der Waals surface area contributed by atoms with E-state index in [0.717, 1.165) is 19.3 Å². The third-order valence-electron chi connectivity index (χ3n) is 4.92. The molecule has 0 spiro atoms. The standard InChI is InChI=1S/C20H41Cl2O4P/c1-2-3-4-5-6-7-8-9-10-11-12-13-14-15-16-17-18-19-20-24-27(23,25-21)26-22/h2-20H2,1H3. The lowest BCUT2D eigenvalue weighted by Crippen LogP contribution is -1.94. The van der Waals surface area contributed by atoms with E-state index in [1.165, 1.54) is 96.3 Å². The molecular formula is C20H41Cl2O4P. The summed E-state index contributed by atoms with van der Waals surface area (Å²) in [5, 5.41) is 0. The number of hydrogen-bond donors (Lipinski definition) is 0. The van der Waals surface area contributed by atoms with Crippen LogP contribution in [0.25, 0.3) is 0 Å². The van der Waals surface area contributed by atoms with Crippen molar-refractivity contribution in [3.05, 3.63) is 0 Å². The van der Waals surface area contributed by atoms with Crippen molar-refractivity contribution >= 4 is 31.6 Å². The van der Waals surface area contributed by atoms with E-state index in [1.54, 1.807) is 0 Å². The van der Waals surface area contributed by atoms with Gasteiger partial charge in [0.25, 0.3) is 0 Å². The Hall–Kier alpha value is 0.690. The Kier molecular flexibility index (Phi) is 21.9. The normalized spacial score (nSPS) is 12.0. The summed E-state index contributed by atoms with van der Waals surface area (Å²) in [4.78, 5) is 0. The predicted octanol–water partition coefficient (Wildman–Crippen LogP) is 9.49. The van der Waals surface area contributed by atoms with Gasteiger partial charge in [-0.25, -0.2) is 4.57 Å². The second kappa shape index (κ2) is 21.4. The molecule has 27 heavy (non-hydrogen) atoms. The third-order valence-corrected chi connectivity index (χ3v) is 6.77. The van der Waals surface area contributed by atoms with E-state index < -0.39 is 7.82 Å². The van der Waals surface area contributed by atoms with Crippen LogP contribution in [-0.2, 0) is 17.2 Å². The molecule has 164 valence electrons. The molecule has 0 N–H and O–H groups in total. The fourth-order valence-corrected chi connectivity index (χ4v) is 4.18. The maximum absolute atomic E-state index is 11.4. The molecule has 0 saturated carbocycles. The molecule has 0 atom stereocenters. The van der Waals surface area contributed by atoms with Gasteiger partial charge in [0.15, 0.2) is 0 Å². The highest BCUT2D eigenvalue weighted by atomic mass is 35.5. The fourth-order valence-electron chi connectivity index (χ4n) is 3.23. The van der Waals surface area contributed by atoms with Gasteiger partial charge in [0.05, 0.1) is 30.3 Å². The molecule has 0 aromatic carbocycles. The highest BCUT2D eigenvalue weighted by Crippen LogP contribution is 2.51. The summed E-state index contributed by atoms with van der Waals surface area (Å²) < 4.78 is 24.5. The molecule has 7 heteroatoms. The minimum absolute atomic E-state index is 0.273. The van der Waals surface area contributed by atoms with Crippen molar-refractivity contribution in [2.45, 2.75) is 122 Å². The van der Waals surface area contributed by atoms with Gasteiger partial charge in [0.1, 0.15) is 0 Å². The summed E-state index contributed by atoms with van der Waals surface area (Å²) >= 11 is 9.99. The summed E-state index contributed by atoms with van der Waals surface area (Å²) in [7, 11) is -3.74. The first-order chi connectivity index (χ1) is 13.2. The molecule has 0 aromatic rings. The molecule has 0 saturated heterocycles. The van der Waals surface area contributed by atoms with E-state index in [0.29, 0.717) is 0 Å². The minimum atomic E-state index is -3.74. The lowest BCUT2D eigenvalue weighted by atomic mass is 10.0.